The molecule has 0 amide bonds. The molecule has 0 aromatic carbocycles. The van der Waals surface area contributed by atoms with Crippen LogP contribution < -0.4 is 10.2 Å². The molecule has 112 valence electrons. The average molecular weight is 276 g/mol. The Morgan fingerprint density at radius 1 is 1.40 bits per heavy atom. The van der Waals surface area contributed by atoms with Crippen molar-refractivity contribution in [1.82, 2.24) is 15.3 Å². The summed E-state index contributed by atoms with van der Waals surface area (Å²) in [7, 11) is 0. The van der Waals surface area contributed by atoms with Crippen molar-refractivity contribution in [3.8, 4) is 0 Å². The molecule has 1 unspecified atom stereocenters. The molecule has 1 atom stereocenters. The van der Waals surface area contributed by atoms with E-state index in [2.05, 4.69) is 41.0 Å². The lowest BCUT2D eigenvalue weighted by atomic mass is 9.97. The predicted molar refractivity (Wildman–Crippen MR) is 84.2 cm³/mol. The molecule has 1 fully saturated rings. The Kier molecular flexibility index (Phi) is 5.35. The monoisotopic (exact) mass is 276 g/mol. The van der Waals surface area contributed by atoms with Crippen molar-refractivity contribution in [3.05, 3.63) is 17.6 Å². The van der Waals surface area contributed by atoms with Gasteiger partial charge in [-0.3, -0.25) is 4.98 Å². The number of piperidine rings is 1. The Balaban J connectivity index is 1.94. The van der Waals surface area contributed by atoms with Gasteiger partial charge in [0.05, 0.1) is 11.4 Å². The fourth-order valence-corrected chi connectivity index (χ4v) is 2.82. The lowest BCUT2D eigenvalue weighted by molar-refractivity contribution is 0.380. The first kappa shape index (κ1) is 15.2. The maximum Gasteiger partial charge on any atom is 0.150 e. The van der Waals surface area contributed by atoms with Crippen LogP contribution in [0.25, 0.3) is 0 Å². The van der Waals surface area contributed by atoms with Crippen molar-refractivity contribution < 1.29 is 0 Å². The third-order valence-corrected chi connectivity index (χ3v) is 3.86. The van der Waals surface area contributed by atoms with E-state index in [1.54, 1.807) is 0 Å². The van der Waals surface area contributed by atoms with Crippen LogP contribution in [0.2, 0.25) is 0 Å². The molecule has 0 saturated carbocycles. The van der Waals surface area contributed by atoms with E-state index in [1.807, 2.05) is 13.1 Å². The minimum atomic E-state index is 0.722. The van der Waals surface area contributed by atoms with E-state index in [1.165, 1.54) is 12.8 Å². The fraction of sp³-hybridized carbons (Fsp3) is 0.750. The number of nitrogens with zero attached hydrogens (tertiary/aromatic N) is 3. The fourth-order valence-electron chi connectivity index (χ4n) is 2.82. The summed E-state index contributed by atoms with van der Waals surface area (Å²) >= 11 is 0. The lowest BCUT2D eigenvalue weighted by Crippen LogP contribution is -2.41. The molecule has 0 spiro atoms. The molecule has 1 aromatic heterocycles. The second-order valence-electron chi connectivity index (χ2n) is 6.43. The normalized spacial score (nSPS) is 19.6. The van der Waals surface area contributed by atoms with Gasteiger partial charge in [0.2, 0.25) is 0 Å². The van der Waals surface area contributed by atoms with Crippen LogP contribution in [0.1, 0.15) is 38.1 Å². The van der Waals surface area contributed by atoms with Gasteiger partial charge in [-0.15, -0.1) is 0 Å². The Hall–Kier alpha value is -1.16. The van der Waals surface area contributed by atoms with Gasteiger partial charge in [-0.25, -0.2) is 4.98 Å². The van der Waals surface area contributed by atoms with E-state index in [0.29, 0.717) is 0 Å². The van der Waals surface area contributed by atoms with Crippen LogP contribution in [-0.4, -0.2) is 36.1 Å². The summed E-state index contributed by atoms with van der Waals surface area (Å²) in [5.41, 5.74) is 2.05. The summed E-state index contributed by atoms with van der Waals surface area (Å²) in [6, 6.07) is 0. The lowest BCUT2D eigenvalue weighted by Gasteiger charge is -2.34. The highest BCUT2D eigenvalue weighted by molar-refractivity contribution is 5.43. The number of anilines is 1. The molecule has 2 rings (SSSR count). The zero-order valence-corrected chi connectivity index (χ0v) is 13.3. The van der Waals surface area contributed by atoms with Crippen LogP contribution in [0, 0.1) is 25.7 Å². The van der Waals surface area contributed by atoms with Crippen LogP contribution in [0.4, 0.5) is 5.82 Å². The molecule has 1 aliphatic rings. The molecular formula is C16H28N4. The molecule has 1 N–H and O–H groups in total. The summed E-state index contributed by atoms with van der Waals surface area (Å²) in [5, 5.41) is 3.59. The van der Waals surface area contributed by atoms with E-state index >= 15 is 0 Å². The van der Waals surface area contributed by atoms with Crippen molar-refractivity contribution in [2.75, 3.05) is 31.1 Å². The summed E-state index contributed by atoms with van der Waals surface area (Å²) in [4.78, 5) is 11.5. The number of aryl methyl sites for hydroxylation is 2. The van der Waals surface area contributed by atoms with Crippen molar-refractivity contribution in [2.24, 2.45) is 11.8 Å². The third-order valence-electron chi connectivity index (χ3n) is 3.86. The summed E-state index contributed by atoms with van der Waals surface area (Å²) < 4.78 is 0. The zero-order valence-electron chi connectivity index (χ0n) is 13.3. The second-order valence-corrected chi connectivity index (χ2v) is 6.43. The largest absolute Gasteiger partial charge is 0.355 e. The molecule has 4 heteroatoms. The number of hydrogen-bond acceptors (Lipinski definition) is 4. The smallest absolute Gasteiger partial charge is 0.150 e. The van der Waals surface area contributed by atoms with Crippen LogP contribution in [0.5, 0.6) is 0 Å². The second kappa shape index (κ2) is 7.02. The van der Waals surface area contributed by atoms with E-state index in [-0.39, 0.29) is 0 Å². The number of nitrogens with one attached hydrogen (secondary N) is 1. The number of hydrogen-bond donors (Lipinski definition) is 1. The Morgan fingerprint density at radius 3 is 2.95 bits per heavy atom. The number of rotatable bonds is 5. The van der Waals surface area contributed by atoms with Gasteiger partial charge < -0.3 is 10.2 Å². The molecule has 0 aliphatic carbocycles. The topological polar surface area (TPSA) is 41.1 Å². The molecule has 0 radical (unpaired) electrons. The molecule has 1 aliphatic heterocycles. The van der Waals surface area contributed by atoms with Crippen LogP contribution >= 0.6 is 0 Å². The van der Waals surface area contributed by atoms with Gasteiger partial charge in [0.25, 0.3) is 0 Å². The van der Waals surface area contributed by atoms with E-state index in [0.717, 1.165) is 55.2 Å². The highest BCUT2D eigenvalue weighted by Gasteiger charge is 2.22. The average Bonchev–Trinajstić information content (AvgIpc) is 2.41. The first-order chi connectivity index (χ1) is 9.56. The van der Waals surface area contributed by atoms with Gasteiger partial charge in [-0.1, -0.05) is 13.8 Å². The summed E-state index contributed by atoms with van der Waals surface area (Å²) in [5.74, 6) is 2.53. The van der Waals surface area contributed by atoms with Gasteiger partial charge in [0.15, 0.2) is 0 Å². The third kappa shape index (κ3) is 4.17. The summed E-state index contributed by atoms with van der Waals surface area (Å²) in [6.07, 6.45) is 4.42. The van der Waals surface area contributed by atoms with Crippen LogP contribution in [-0.2, 0) is 0 Å². The SMILES string of the molecule is Cc1cnc(C)c(N2CCCC(CNCC(C)C)C2)n1. The molecule has 20 heavy (non-hydrogen) atoms. The molecule has 1 aromatic rings. The van der Waals surface area contributed by atoms with Crippen molar-refractivity contribution in [2.45, 2.75) is 40.5 Å². The molecule has 1 saturated heterocycles. The van der Waals surface area contributed by atoms with E-state index in [4.69, 9.17) is 0 Å². The van der Waals surface area contributed by atoms with Gasteiger partial charge in [0.1, 0.15) is 5.82 Å². The highest BCUT2D eigenvalue weighted by atomic mass is 15.2. The highest BCUT2D eigenvalue weighted by Crippen LogP contribution is 2.23. The van der Waals surface area contributed by atoms with Crippen molar-refractivity contribution >= 4 is 5.82 Å². The molecule has 4 nitrogen and oxygen atoms in total. The maximum atomic E-state index is 4.68. The van der Waals surface area contributed by atoms with Gasteiger partial charge in [-0.05, 0) is 51.6 Å². The Morgan fingerprint density at radius 2 is 2.20 bits per heavy atom. The minimum absolute atomic E-state index is 0.722. The first-order valence-electron chi connectivity index (χ1n) is 7.82. The summed E-state index contributed by atoms with van der Waals surface area (Å²) in [6.45, 7) is 13.0. The van der Waals surface area contributed by atoms with Crippen LogP contribution in [0.15, 0.2) is 6.20 Å². The van der Waals surface area contributed by atoms with Crippen molar-refractivity contribution in [3.63, 3.8) is 0 Å². The minimum Gasteiger partial charge on any atom is -0.355 e. The predicted octanol–water partition coefficient (Wildman–Crippen LogP) is 2.56. The standard InChI is InChI=1S/C16H28N4/c1-12(2)8-17-10-15-6-5-7-20(11-15)16-14(4)18-9-13(3)19-16/h9,12,15,17H,5-8,10-11H2,1-4H3. The van der Waals surface area contributed by atoms with E-state index < -0.39 is 0 Å². The van der Waals surface area contributed by atoms with Crippen molar-refractivity contribution in [1.29, 1.82) is 0 Å². The van der Waals surface area contributed by atoms with E-state index in [9.17, 15) is 0 Å². The first-order valence-corrected chi connectivity index (χ1v) is 7.82. The van der Waals surface area contributed by atoms with Gasteiger partial charge in [0, 0.05) is 19.3 Å². The zero-order chi connectivity index (χ0) is 14.5. The molecule has 0 bridgehead atoms. The molecular weight excluding hydrogens is 248 g/mol. The maximum absolute atomic E-state index is 4.68. The Labute approximate surface area is 123 Å². The van der Waals surface area contributed by atoms with Crippen LogP contribution in [0.3, 0.4) is 0 Å². The van der Waals surface area contributed by atoms with Gasteiger partial charge in [-0.2, -0.15) is 0 Å². The Bertz CT molecular complexity index is 430. The van der Waals surface area contributed by atoms with Gasteiger partial charge >= 0.3 is 0 Å². The number of aromatic nitrogens is 2. The quantitative estimate of drug-likeness (QED) is 0.897. The molecule has 2 heterocycles.